The zero-order chi connectivity index (χ0) is 14.4. The van der Waals surface area contributed by atoms with Crippen molar-refractivity contribution >= 4 is 22.8 Å². The Morgan fingerprint density at radius 1 is 1.25 bits per heavy atom. The molecular formula is C13H12N2O4S. The fourth-order valence-corrected chi connectivity index (χ4v) is 1.79. The number of nitrogens with zero attached hydrogens (tertiary/aromatic N) is 1. The molecule has 1 aromatic heterocycles. The Hall–Kier alpha value is -2.25. The molecule has 0 aliphatic heterocycles. The van der Waals surface area contributed by atoms with E-state index in [9.17, 15) is 9.00 Å². The number of rotatable bonds is 5. The van der Waals surface area contributed by atoms with E-state index in [2.05, 4.69) is 10.3 Å². The molecule has 1 heterocycles. The third-order valence-corrected chi connectivity index (χ3v) is 3.00. The summed E-state index contributed by atoms with van der Waals surface area (Å²) in [5, 5.41) is 2.58. The third kappa shape index (κ3) is 4.15. The predicted molar refractivity (Wildman–Crippen MR) is 73.8 cm³/mol. The number of carbonyl (C=O) groups excluding carboxylic acids is 1. The van der Waals surface area contributed by atoms with Crippen LogP contribution in [0, 0.1) is 0 Å². The number of carbonyl (C=O) groups is 1. The van der Waals surface area contributed by atoms with Gasteiger partial charge in [-0.1, -0.05) is 6.07 Å². The van der Waals surface area contributed by atoms with Gasteiger partial charge in [-0.3, -0.25) is 4.79 Å². The maximum Gasteiger partial charge on any atom is 0.263 e. The van der Waals surface area contributed by atoms with E-state index >= 15 is 0 Å². The van der Waals surface area contributed by atoms with Crippen molar-refractivity contribution in [2.45, 2.75) is 4.90 Å². The summed E-state index contributed by atoms with van der Waals surface area (Å²) >= 11 is -2.02. The van der Waals surface area contributed by atoms with Gasteiger partial charge in [0, 0.05) is 6.20 Å². The van der Waals surface area contributed by atoms with Crippen molar-refractivity contribution < 1.29 is 18.3 Å². The first-order valence-corrected chi connectivity index (χ1v) is 6.80. The number of amides is 1. The molecule has 1 atom stereocenters. The fourth-order valence-electron chi connectivity index (χ4n) is 1.42. The minimum atomic E-state index is -2.02. The molecular weight excluding hydrogens is 280 g/mol. The molecule has 2 aromatic rings. The maximum atomic E-state index is 11.6. The Kier molecular flexibility index (Phi) is 4.80. The van der Waals surface area contributed by atoms with Crippen molar-refractivity contribution in [2.24, 2.45) is 0 Å². The lowest BCUT2D eigenvalue weighted by molar-refractivity contribution is -0.118. The van der Waals surface area contributed by atoms with Gasteiger partial charge in [0.1, 0.15) is 11.6 Å². The molecule has 2 rings (SSSR count). The number of pyridine rings is 1. The Labute approximate surface area is 118 Å². The van der Waals surface area contributed by atoms with Gasteiger partial charge in [-0.05, 0) is 36.4 Å². The summed E-state index contributed by atoms with van der Waals surface area (Å²) in [6.45, 7) is -0.169. The average molecular weight is 292 g/mol. The van der Waals surface area contributed by atoms with Crippen LogP contribution in [0.2, 0.25) is 0 Å². The zero-order valence-corrected chi connectivity index (χ0v) is 11.2. The van der Waals surface area contributed by atoms with E-state index in [1.54, 1.807) is 24.4 Å². The van der Waals surface area contributed by atoms with Crippen molar-refractivity contribution in [1.82, 2.24) is 4.98 Å². The van der Waals surface area contributed by atoms with E-state index < -0.39 is 11.1 Å². The quantitative estimate of drug-likeness (QED) is 0.818. The van der Waals surface area contributed by atoms with Crippen LogP contribution in [-0.2, 0) is 15.9 Å². The van der Waals surface area contributed by atoms with Gasteiger partial charge in [0.2, 0.25) is 0 Å². The molecule has 0 bridgehead atoms. The Bertz CT molecular complexity index is 602. The topological polar surface area (TPSA) is 88.5 Å². The highest BCUT2D eigenvalue weighted by molar-refractivity contribution is 7.79. The molecule has 0 fully saturated rings. The zero-order valence-electron chi connectivity index (χ0n) is 10.4. The molecule has 2 N–H and O–H groups in total. The summed E-state index contributed by atoms with van der Waals surface area (Å²) < 4.78 is 24.9. The lowest BCUT2D eigenvalue weighted by Gasteiger charge is -2.07. The number of hydrogen-bond donors (Lipinski definition) is 2. The number of ether oxygens (including phenoxy) is 1. The second-order valence-electron chi connectivity index (χ2n) is 3.77. The van der Waals surface area contributed by atoms with E-state index in [-0.39, 0.29) is 17.4 Å². The molecule has 104 valence electrons. The first-order valence-electron chi connectivity index (χ1n) is 5.70. The summed E-state index contributed by atoms with van der Waals surface area (Å²) in [5.74, 6) is 0.556. The summed E-state index contributed by atoms with van der Waals surface area (Å²) in [6.07, 6.45) is 1.57. The third-order valence-electron chi connectivity index (χ3n) is 2.33. The van der Waals surface area contributed by atoms with Crippen LogP contribution in [0.1, 0.15) is 0 Å². The summed E-state index contributed by atoms with van der Waals surface area (Å²) in [5.41, 5.74) is 0. The molecule has 0 radical (unpaired) electrons. The maximum absolute atomic E-state index is 11.6. The molecule has 0 saturated heterocycles. The van der Waals surface area contributed by atoms with Gasteiger partial charge in [0.05, 0.1) is 4.90 Å². The molecule has 1 amide bonds. The number of hydrogen-bond acceptors (Lipinski definition) is 4. The van der Waals surface area contributed by atoms with Crippen molar-refractivity contribution in [2.75, 3.05) is 11.9 Å². The molecule has 0 saturated carbocycles. The van der Waals surface area contributed by atoms with Crippen molar-refractivity contribution in [1.29, 1.82) is 0 Å². The number of anilines is 1. The molecule has 6 nitrogen and oxygen atoms in total. The van der Waals surface area contributed by atoms with Crippen LogP contribution in [0.4, 0.5) is 5.82 Å². The minimum Gasteiger partial charge on any atom is -0.484 e. The second kappa shape index (κ2) is 6.78. The first-order chi connectivity index (χ1) is 9.65. The number of nitrogens with one attached hydrogen (secondary N) is 1. The van der Waals surface area contributed by atoms with E-state index in [1.807, 2.05) is 0 Å². The summed E-state index contributed by atoms with van der Waals surface area (Å²) in [6, 6.07) is 11.2. The van der Waals surface area contributed by atoms with Gasteiger partial charge >= 0.3 is 0 Å². The number of benzene rings is 1. The highest BCUT2D eigenvalue weighted by atomic mass is 32.2. The van der Waals surface area contributed by atoms with Gasteiger partial charge in [0.15, 0.2) is 17.7 Å². The lowest BCUT2D eigenvalue weighted by atomic mass is 10.3. The second-order valence-corrected chi connectivity index (χ2v) is 4.74. The molecule has 0 spiro atoms. The SMILES string of the molecule is O=C(COc1ccc(S(=O)O)cc1)Nc1ccccn1. The normalized spacial score (nSPS) is 11.7. The Morgan fingerprint density at radius 2 is 2.00 bits per heavy atom. The summed E-state index contributed by atoms with van der Waals surface area (Å²) in [7, 11) is 0. The van der Waals surface area contributed by atoms with Crippen LogP contribution < -0.4 is 10.1 Å². The highest BCUT2D eigenvalue weighted by Crippen LogP contribution is 2.14. The van der Waals surface area contributed by atoms with E-state index in [1.165, 1.54) is 24.3 Å². The lowest BCUT2D eigenvalue weighted by Crippen LogP contribution is -2.20. The van der Waals surface area contributed by atoms with Gasteiger partial charge in [-0.2, -0.15) is 0 Å². The highest BCUT2D eigenvalue weighted by Gasteiger charge is 2.05. The van der Waals surface area contributed by atoms with E-state index in [4.69, 9.17) is 9.29 Å². The van der Waals surface area contributed by atoms with Crippen molar-refractivity contribution in [3.63, 3.8) is 0 Å². The smallest absolute Gasteiger partial charge is 0.263 e. The van der Waals surface area contributed by atoms with Crippen molar-refractivity contribution in [3.8, 4) is 5.75 Å². The van der Waals surface area contributed by atoms with Gasteiger partial charge in [-0.15, -0.1) is 0 Å². The van der Waals surface area contributed by atoms with Crippen LogP contribution in [-0.4, -0.2) is 26.3 Å². The largest absolute Gasteiger partial charge is 0.484 e. The van der Waals surface area contributed by atoms with Gasteiger partial charge < -0.3 is 14.6 Å². The van der Waals surface area contributed by atoms with E-state index in [0.29, 0.717) is 11.6 Å². The van der Waals surface area contributed by atoms with Crippen LogP contribution in [0.15, 0.2) is 53.6 Å². The first kappa shape index (κ1) is 14.2. The monoisotopic (exact) mass is 292 g/mol. The molecule has 0 aliphatic carbocycles. The van der Waals surface area contributed by atoms with Crippen molar-refractivity contribution in [3.05, 3.63) is 48.7 Å². The molecule has 7 heteroatoms. The fraction of sp³-hybridized carbons (Fsp3) is 0.0769. The van der Waals surface area contributed by atoms with Gasteiger partial charge in [0.25, 0.3) is 5.91 Å². The molecule has 20 heavy (non-hydrogen) atoms. The van der Waals surface area contributed by atoms with Crippen LogP contribution in [0.25, 0.3) is 0 Å². The van der Waals surface area contributed by atoms with Crippen LogP contribution >= 0.6 is 0 Å². The molecule has 0 aliphatic rings. The Morgan fingerprint density at radius 3 is 2.60 bits per heavy atom. The standard InChI is InChI=1S/C13H12N2O4S/c16-13(15-12-3-1-2-8-14-12)9-19-10-4-6-11(7-5-10)20(17)18/h1-8H,9H2,(H,17,18)(H,14,15,16). The molecule has 1 unspecified atom stereocenters. The van der Waals surface area contributed by atoms with E-state index in [0.717, 1.165) is 0 Å². The van der Waals surface area contributed by atoms with Gasteiger partial charge in [-0.25, -0.2) is 9.19 Å². The average Bonchev–Trinajstić information content (AvgIpc) is 2.46. The predicted octanol–water partition coefficient (Wildman–Crippen LogP) is 1.68. The molecule has 1 aromatic carbocycles. The number of aromatic nitrogens is 1. The van der Waals surface area contributed by atoms with Crippen LogP contribution in [0.5, 0.6) is 5.75 Å². The summed E-state index contributed by atoms with van der Waals surface area (Å²) in [4.78, 5) is 15.8. The van der Waals surface area contributed by atoms with Crippen LogP contribution in [0.3, 0.4) is 0 Å². The minimum absolute atomic E-state index is 0.169. The Balaban J connectivity index is 1.85.